The lowest BCUT2D eigenvalue weighted by molar-refractivity contribution is 0.100. The summed E-state index contributed by atoms with van der Waals surface area (Å²) in [4.78, 5) is 16.0. The number of amides is 1. The second kappa shape index (κ2) is 3.57. The van der Waals surface area contributed by atoms with E-state index < -0.39 is 5.91 Å². The zero-order chi connectivity index (χ0) is 13.0. The molecule has 2 aromatic rings. The zero-order valence-electron chi connectivity index (χ0n) is 10.5. The average Bonchev–Trinajstić information content (AvgIpc) is 2.91. The van der Waals surface area contributed by atoms with Crippen LogP contribution in [0.3, 0.4) is 0 Å². The van der Waals surface area contributed by atoms with Crippen molar-refractivity contribution in [3.05, 3.63) is 29.7 Å². The molecule has 1 aliphatic heterocycles. The van der Waals surface area contributed by atoms with Crippen LogP contribution in [-0.4, -0.2) is 17.4 Å². The fourth-order valence-electron chi connectivity index (χ4n) is 3.43. The highest BCUT2D eigenvalue weighted by atomic mass is 16.4. The number of nitrogens with two attached hydrogens (primary N) is 1. The Morgan fingerprint density at radius 1 is 1.47 bits per heavy atom. The summed E-state index contributed by atoms with van der Waals surface area (Å²) in [7, 11) is 0. The number of hydrogen-bond donors (Lipinski definition) is 2. The molecule has 2 atom stereocenters. The molecule has 5 nitrogen and oxygen atoms in total. The van der Waals surface area contributed by atoms with E-state index in [1.54, 1.807) is 12.1 Å². The number of nitrogens with zero attached hydrogens (tertiary/aromatic N) is 1. The molecule has 19 heavy (non-hydrogen) atoms. The molecule has 1 aliphatic carbocycles. The van der Waals surface area contributed by atoms with E-state index in [0.29, 0.717) is 28.5 Å². The number of rotatable bonds is 2. The molecule has 1 saturated carbocycles. The third kappa shape index (κ3) is 1.33. The molecule has 1 amide bonds. The summed E-state index contributed by atoms with van der Waals surface area (Å²) in [5.41, 5.74) is 6.93. The van der Waals surface area contributed by atoms with Gasteiger partial charge in [0, 0.05) is 0 Å². The first-order chi connectivity index (χ1) is 9.21. The van der Waals surface area contributed by atoms with Gasteiger partial charge < -0.3 is 15.5 Å². The summed E-state index contributed by atoms with van der Waals surface area (Å²) >= 11 is 0. The third-order valence-corrected chi connectivity index (χ3v) is 4.58. The van der Waals surface area contributed by atoms with Crippen molar-refractivity contribution in [1.82, 2.24) is 10.3 Å². The van der Waals surface area contributed by atoms with E-state index in [-0.39, 0.29) is 5.54 Å². The molecule has 2 heterocycles. The minimum atomic E-state index is -0.465. The molecule has 5 heteroatoms. The number of primary amides is 1. The van der Waals surface area contributed by atoms with Crippen molar-refractivity contribution in [2.24, 2.45) is 11.7 Å². The predicted molar refractivity (Wildman–Crippen MR) is 69.5 cm³/mol. The van der Waals surface area contributed by atoms with Crippen LogP contribution in [0, 0.1) is 5.92 Å². The molecule has 98 valence electrons. The number of fused-ring (bicyclic) bond motifs is 2. The van der Waals surface area contributed by atoms with E-state index in [2.05, 4.69) is 10.3 Å². The summed E-state index contributed by atoms with van der Waals surface area (Å²) in [5.74, 6) is 0.857. The zero-order valence-corrected chi connectivity index (χ0v) is 10.5. The van der Waals surface area contributed by atoms with Crippen LogP contribution in [-0.2, 0) is 5.54 Å². The van der Waals surface area contributed by atoms with Gasteiger partial charge in [-0.25, -0.2) is 4.98 Å². The molecule has 2 unspecified atom stereocenters. The Morgan fingerprint density at radius 2 is 2.37 bits per heavy atom. The Kier molecular flexibility index (Phi) is 2.07. The molecule has 1 aromatic heterocycles. The van der Waals surface area contributed by atoms with E-state index in [1.807, 2.05) is 6.07 Å². The molecular formula is C14H15N3O2. The minimum absolute atomic E-state index is 0.103. The van der Waals surface area contributed by atoms with Gasteiger partial charge in [-0.1, -0.05) is 6.07 Å². The maximum Gasteiger partial charge on any atom is 0.251 e. The van der Waals surface area contributed by atoms with Crippen LogP contribution < -0.4 is 11.1 Å². The highest BCUT2D eigenvalue weighted by Crippen LogP contribution is 2.51. The van der Waals surface area contributed by atoms with Crippen molar-refractivity contribution in [3.8, 4) is 0 Å². The number of aromatic nitrogens is 1. The van der Waals surface area contributed by atoms with E-state index in [1.165, 1.54) is 12.8 Å². The Labute approximate surface area is 110 Å². The first-order valence-corrected chi connectivity index (χ1v) is 6.65. The number of oxazole rings is 1. The molecule has 3 N–H and O–H groups in total. The van der Waals surface area contributed by atoms with Gasteiger partial charge in [0.15, 0.2) is 5.58 Å². The topological polar surface area (TPSA) is 81.2 Å². The van der Waals surface area contributed by atoms with E-state index in [0.717, 1.165) is 13.0 Å². The molecule has 0 spiro atoms. The van der Waals surface area contributed by atoms with E-state index in [9.17, 15) is 4.79 Å². The SMILES string of the molecule is NC(=O)c1cccc2oc(C34CCC3CCN4)nc12. The minimum Gasteiger partial charge on any atom is -0.439 e. The van der Waals surface area contributed by atoms with Crippen LogP contribution >= 0.6 is 0 Å². The first kappa shape index (κ1) is 11.0. The second-order valence-corrected chi connectivity index (χ2v) is 5.46. The number of para-hydroxylation sites is 1. The number of benzene rings is 1. The highest BCUT2D eigenvalue weighted by Gasteiger charge is 2.54. The summed E-state index contributed by atoms with van der Waals surface area (Å²) in [6.45, 7) is 1.01. The Bertz CT molecular complexity index is 678. The van der Waals surface area contributed by atoms with Crippen molar-refractivity contribution in [3.63, 3.8) is 0 Å². The molecule has 2 aliphatic rings. The number of carbonyl (C=O) groups excluding carboxylic acids is 1. The summed E-state index contributed by atoms with van der Waals surface area (Å²) in [6, 6.07) is 5.29. The fraction of sp³-hybridized carbons (Fsp3) is 0.429. The Balaban J connectivity index is 1.89. The lowest BCUT2D eigenvalue weighted by Crippen LogP contribution is -2.49. The second-order valence-electron chi connectivity index (χ2n) is 5.46. The van der Waals surface area contributed by atoms with Crippen molar-refractivity contribution in [2.45, 2.75) is 24.8 Å². The van der Waals surface area contributed by atoms with Crippen LogP contribution in [0.15, 0.2) is 22.6 Å². The van der Waals surface area contributed by atoms with Gasteiger partial charge in [-0.05, 0) is 43.9 Å². The monoisotopic (exact) mass is 257 g/mol. The van der Waals surface area contributed by atoms with Crippen molar-refractivity contribution >= 4 is 17.0 Å². The fourth-order valence-corrected chi connectivity index (χ4v) is 3.43. The Hall–Kier alpha value is -1.88. The number of nitrogens with one attached hydrogen (secondary N) is 1. The molecule has 4 rings (SSSR count). The molecule has 0 radical (unpaired) electrons. The predicted octanol–water partition coefficient (Wildman–Crippen LogP) is 1.53. The standard InChI is InChI=1S/C14H15N3O2/c15-12(18)9-2-1-3-10-11(9)17-13(19-10)14-6-4-8(14)5-7-16-14/h1-3,8,16H,4-7H2,(H2,15,18). The van der Waals surface area contributed by atoms with Gasteiger partial charge in [-0.15, -0.1) is 0 Å². The summed E-state index contributed by atoms with van der Waals surface area (Å²) in [6.07, 6.45) is 3.44. The maximum absolute atomic E-state index is 11.4. The van der Waals surface area contributed by atoms with Gasteiger partial charge in [-0.2, -0.15) is 0 Å². The molecule has 2 fully saturated rings. The molecule has 1 aromatic carbocycles. The van der Waals surface area contributed by atoms with Crippen LogP contribution in [0.25, 0.3) is 11.1 Å². The number of hydrogen-bond acceptors (Lipinski definition) is 4. The first-order valence-electron chi connectivity index (χ1n) is 6.65. The third-order valence-electron chi connectivity index (χ3n) is 4.58. The van der Waals surface area contributed by atoms with Gasteiger partial charge in [0.2, 0.25) is 5.89 Å². The van der Waals surface area contributed by atoms with Crippen LogP contribution in [0.1, 0.15) is 35.5 Å². The van der Waals surface area contributed by atoms with Gasteiger partial charge in [0.25, 0.3) is 5.91 Å². The van der Waals surface area contributed by atoms with Gasteiger partial charge in [-0.3, -0.25) is 4.79 Å². The quantitative estimate of drug-likeness (QED) is 0.854. The number of carbonyl (C=O) groups is 1. The van der Waals surface area contributed by atoms with Gasteiger partial charge >= 0.3 is 0 Å². The summed E-state index contributed by atoms with van der Waals surface area (Å²) in [5, 5.41) is 3.52. The highest BCUT2D eigenvalue weighted by molar-refractivity contribution is 6.03. The largest absolute Gasteiger partial charge is 0.439 e. The normalized spacial score (nSPS) is 29.2. The van der Waals surface area contributed by atoms with Crippen LogP contribution in [0.2, 0.25) is 0 Å². The lowest BCUT2D eigenvalue weighted by Gasteiger charge is -2.42. The van der Waals surface area contributed by atoms with Crippen LogP contribution in [0.5, 0.6) is 0 Å². The van der Waals surface area contributed by atoms with Gasteiger partial charge in [0.05, 0.1) is 11.1 Å². The van der Waals surface area contributed by atoms with Crippen molar-refractivity contribution in [2.75, 3.05) is 6.54 Å². The lowest BCUT2D eigenvalue weighted by atomic mass is 9.68. The van der Waals surface area contributed by atoms with Crippen LogP contribution in [0.4, 0.5) is 0 Å². The smallest absolute Gasteiger partial charge is 0.251 e. The van der Waals surface area contributed by atoms with Crippen molar-refractivity contribution in [1.29, 1.82) is 0 Å². The van der Waals surface area contributed by atoms with Gasteiger partial charge in [0.1, 0.15) is 5.52 Å². The average molecular weight is 257 g/mol. The van der Waals surface area contributed by atoms with E-state index in [4.69, 9.17) is 10.2 Å². The maximum atomic E-state index is 11.4. The Morgan fingerprint density at radius 3 is 3.05 bits per heavy atom. The molecule has 1 saturated heterocycles. The molecule has 0 bridgehead atoms. The van der Waals surface area contributed by atoms with Crippen molar-refractivity contribution < 1.29 is 9.21 Å². The summed E-state index contributed by atoms with van der Waals surface area (Å²) < 4.78 is 5.89. The molecular weight excluding hydrogens is 242 g/mol. The van der Waals surface area contributed by atoms with E-state index >= 15 is 0 Å².